The Kier molecular flexibility index (Phi) is 8.88. The first kappa shape index (κ1) is 29.5. The molecule has 1 atom stereocenters. The first-order chi connectivity index (χ1) is 20.8. The predicted octanol–water partition coefficient (Wildman–Crippen LogP) is 5.04. The van der Waals surface area contributed by atoms with Crippen molar-refractivity contribution in [2.45, 2.75) is 46.4 Å². The number of para-hydroxylation sites is 1. The topological polar surface area (TPSA) is 103 Å². The smallest absolute Gasteiger partial charge is 0.338 e. The Morgan fingerprint density at radius 1 is 1.07 bits per heavy atom. The molecular formula is C34H31N3O5S. The molecule has 1 aliphatic heterocycles. The number of ether oxygens (including phenoxy) is 3. The Morgan fingerprint density at radius 2 is 1.79 bits per heavy atom. The van der Waals surface area contributed by atoms with Gasteiger partial charge in [-0.1, -0.05) is 53.8 Å². The van der Waals surface area contributed by atoms with E-state index in [1.807, 2.05) is 67.6 Å². The van der Waals surface area contributed by atoms with Crippen LogP contribution in [-0.2, 0) is 16.1 Å². The highest BCUT2D eigenvalue weighted by Gasteiger charge is 2.33. The van der Waals surface area contributed by atoms with Gasteiger partial charge in [-0.15, -0.1) is 0 Å². The first-order valence-electron chi connectivity index (χ1n) is 14.0. The number of carbonyl (C=O) groups is 1. The van der Waals surface area contributed by atoms with Crippen molar-refractivity contribution in [3.05, 3.63) is 126 Å². The Morgan fingerprint density at radius 3 is 2.47 bits per heavy atom. The molecule has 218 valence electrons. The van der Waals surface area contributed by atoms with E-state index < -0.39 is 12.0 Å². The maximum absolute atomic E-state index is 14.0. The maximum atomic E-state index is 14.0. The zero-order valence-corrected chi connectivity index (χ0v) is 25.2. The Hall–Kier alpha value is -4.94. The standard InChI is InChI=1S/C34H31N3O5S/c1-5-40-27-16-14-25(15-17-27)31-30(33(39)42-21(2)3)22(4)36-34-37(31)32(38)29(43-34)18-26-8-6-7-9-28(26)41-20-24-12-10-23(19-35)11-13-24/h6-18,21,31H,5,20H2,1-4H3/b29-18+/t31-/m1/s1. The lowest BCUT2D eigenvalue weighted by atomic mass is 9.96. The SMILES string of the molecule is CCOc1ccc([C@@H]2C(C(=O)OC(C)C)=C(C)N=c3s/c(=C/c4ccccc4OCc4ccc(C#N)cc4)c(=O)n32)cc1. The third kappa shape index (κ3) is 6.45. The van der Waals surface area contributed by atoms with Gasteiger partial charge in [0.2, 0.25) is 0 Å². The van der Waals surface area contributed by atoms with Gasteiger partial charge >= 0.3 is 5.97 Å². The van der Waals surface area contributed by atoms with E-state index in [1.165, 1.54) is 11.3 Å². The lowest BCUT2D eigenvalue weighted by Gasteiger charge is -2.25. The lowest BCUT2D eigenvalue weighted by Crippen LogP contribution is -2.40. The number of aromatic nitrogens is 1. The zero-order valence-electron chi connectivity index (χ0n) is 24.4. The van der Waals surface area contributed by atoms with Gasteiger partial charge in [0.25, 0.3) is 5.56 Å². The van der Waals surface area contributed by atoms with Crippen LogP contribution in [0.15, 0.2) is 93.9 Å². The van der Waals surface area contributed by atoms with Gasteiger partial charge in [0.15, 0.2) is 4.80 Å². The average molecular weight is 594 g/mol. The van der Waals surface area contributed by atoms with E-state index >= 15 is 0 Å². The number of hydrogen-bond donors (Lipinski definition) is 0. The summed E-state index contributed by atoms with van der Waals surface area (Å²) in [6.45, 7) is 8.08. The number of nitrogens with zero attached hydrogens (tertiary/aromatic N) is 3. The van der Waals surface area contributed by atoms with Crippen LogP contribution in [0.25, 0.3) is 6.08 Å². The summed E-state index contributed by atoms with van der Waals surface area (Å²) >= 11 is 1.26. The fourth-order valence-corrected chi connectivity index (χ4v) is 5.84. The minimum Gasteiger partial charge on any atom is -0.494 e. The highest BCUT2D eigenvalue weighted by Crippen LogP contribution is 2.32. The summed E-state index contributed by atoms with van der Waals surface area (Å²) in [5.74, 6) is 0.799. The minimum atomic E-state index is -0.719. The van der Waals surface area contributed by atoms with Crippen molar-refractivity contribution in [3.63, 3.8) is 0 Å². The maximum Gasteiger partial charge on any atom is 0.338 e. The third-order valence-electron chi connectivity index (χ3n) is 6.77. The molecule has 3 aromatic carbocycles. The van der Waals surface area contributed by atoms with E-state index in [-0.39, 0.29) is 11.7 Å². The van der Waals surface area contributed by atoms with E-state index in [0.717, 1.165) is 16.7 Å². The van der Waals surface area contributed by atoms with Gasteiger partial charge in [0, 0.05) is 5.56 Å². The molecule has 5 rings (SSSR count). The Balaban J connectivity index is 1.57. The van der Waals surface area contributed by atoms with Gasteiger partial charge < -0.3 is 14.2 Å². The fourth-order valence-electron chi connectivity index (χ4n) is 4.80. The molecule has 2 heterocycles. The van der Waals surface area contributed by atoms with Gasteiger partial charge in [0.1, 0.15) is 18.1 Å². The number of thiazole rings is 1. The van der Waals surface area contributed by atoms with Crippen LogP contribution in [0.2, 0.25) is 0 Å². The molecule has 0 bridgehead atoms. The molecule has 0 saturated carbocycles. The second-order valence-electron chi connectivity index (χ2n) is 10.2. The van der Waals surface area contributed by atoms with Crippen LogP contribution in [-0.4, -0.2) is 23.2 Å². The van der Waals surface area contributed by atoms with E-state index in [2.05, 4.69) is 11.1 Å². The fraction of sp³-hybridized carbons (Fsp3) is 0.235. The largest absolute Gasteiger partial charge is 0.494 e. The molecule has 9 heteroatoms. The summed E-state index contributed by atoms with van der Waals surface area (Å²) in [6, 6.07) is 23.5. The van der Waals surface area contributed by atoms with Crippen molar-refractivity contribution in [2.24, 2.45) is 4.99 Å². The summed E-state index contributed by atoms with van der Waals surface area (Å²) in [5, 5.41) is 9.05. The lowest BCUT2D eigenvalue weighted by molar-refractivity contribution is -0.143. The highest BCUT2D eigenvalue weighted by atomic mass is 32.1. The number of esters is 1. The summed E-state index contributed by atoms with van der Waals surface area (Å²) in [4.78, 5) is 32.5. The van der Waals surface area contributed by atoms with Crippen molar-refractivity contribution in [3.8, 4) is 17.6 Å². The molecule has 4 aromatic rings. The van der Waals surface area contributed by atoms with Crippen LogP contribution < -0.4 is 24.4 Å². The molecule has 0 N–H and O–H groups in total. The van der Waals surface area contributed by atoms with Crippen LogP contribution >= 0.6 is 11.3 Å². The normalized spacial score (nSPS) is 14.6. The first-order valence-corrected chi connectivity index (χ1v) is 14.8. The molecule has 0 radical (unpaired) electrons. The molecule has 0 spiro atoms. The number of fused-ring (bicyclic) bond motifs is 1. The van der Waals surface area contributed by atoms with Crippen molar-refractivity contribution in [1.82, 2.24) is 4.57 Å². The van der Waals surface area contributed by atoms with Crippen molar-refractivity contribution >= 4 is 23.4 Å². The van der Waals surface area contributed by atoms with Crippen LogP contribution in [0.3, 0.4) is 0 Å². The number of hydrogen-bond acceptors (Lipinski definition) is 8. The van der Waals surface area contributed by atoms with Gasteiger partial charge in [-0.25, -0.2) is 9.79 Å². The number of carbonyl (C=O) groups excluding carboxylic acids is 1. The molecule has 1 aliphatic rings. The summed E-state index contributed by atoms with van der Waals surface area (Å²) in [5.41, 5.74) is 3.53. The second-order valence-corrected chi connectivity index (χ2v) is 11.2. The quantitative estimate of drug-likeness (QED) is 0.252. The Labute approximate surface area is 253 Å². The van der Waals surface area contributed by atoms with E-state index in [9.17, 15) is 9.59 Å². The molecule has 8 nitrogen and oxygen atoms in total. The van der Waals surface area contributed by atoms with E-state index in [4.69, 9.17) is 19.5 Å². The monoisotopic (exact) mass is 593 g/mol. The van der Waals surface area contributed by atoms with Gasteiger partial charge in [-0.3, -0.25) is 9.36 Å². The molecule has 0 fully saturated rings. The van der Waals surface area contributed by atoms with Crippen LogP contribution in [0.5, 0.6) is 11.5 Å². The number of allylic oxidation sites excluding steroid dienone is 1. The van der Waals surface area contributed by atoms with E-state index in [1.54, 1.807) is 43.5 Å². The highest BCUT2D eigenvalue weighted by molar-refractivity contribution is 7.07. The molecule has 0 saturated heterocycles. The van der Waals surface area contributed by atoms with Crippen LogP contribution in [0.4, 0.5) is 0 Å². The minimum absolute atomic E-state index is 0.271. The Bertz CT molecular complexity index is 1900. The molecule has 0 aliphatic carbocycles. The molecular weight excluding hydrogens is 562 g/mol. The predicted molar refractivity (Wildman–Crippen MR) is 165 cm³/mol. The molecule has 1 aromatic heterocycles. The molecule has 43 heavy (non-hydrogen) atoms. The third-order valence-corrected chi connectivity index (χ3v) is 7.76. The van der Waals surface area contributed by atoms with Crippen LogP contribution in [0, 0.1) is 11.3 Å². The van der Waals surface area contributed by atoms with Crippen LogP contribution in [0.1, 0.15) is 56.0 Å². The summed E-state index contributed by atoms with van der Waals surface area (Å²) in [7, 11) is 0. The van der Waals surface area contributed by atoms with Gasteiger partial charge in [-0.2, -0.15) is 5.26 Å². The second kappa shape index (κ2) is 12.9. The summed E-state index contributed by atoms with van der Waals surface area (Å²) < 4.78 is 19.3. The van der Waals surface area contributed by atoms with Gasteiger partial charge in [-0.05, 0) is 75.2 Å². The van der Waals surface area contributed by atoms with Gasteiger partial charge in [0.05, 0.1) is 46.2 Å². The summed E-state index contributed by atoms with van der Waals surface area (Å²) in [6.07, 6.45) is 1.46. The number of nitriles is 1. The molecule has 0 unspecified atom stereocenters. The van der Waals surface area contributed by atoms with Crippen molar-refractivity contribution in [1.29, 1.82) is 5.26 Å². The van der Waals surface area contributed by atoms with E-state index in [0.29, 0.717) is 50.9 Å². The zero-order chi connectivity index (χ0) is 30.5. The average Bonchev–Trinajstić information content (AvgIpc) is 3.30. The molecule has 0 amide bonds. The van der Waals surface area contributed by atoms with Crippen molar-refractivity contribution < 1.29 is 19.0 Å². The number of benzene rings is 3. The number of rotatable bonds is 9. The van der Waals surface area contributed by atoms with Crippen molar-refractivity contribution in [2.75, 3.05) is 6.61 Å².